The third-order valence-corrected chi connectivity index (χ3v) is 7.38. The van der Waals surface area contributed by atoms with Gasteiger partial charge in [0.2, 0.25) is 18.3 Å². The predicted octanol–water partition coefficient (Wildman–Crippen LogP) is 4.99. The normalized spacial score (nSPS) is 22.2. The lowest BCUT2D eigenvalue weighted by Gasteiger charge is -2.37. The van der Waals surface area contributed by atoms with Crippen LogP contribution in [0, 0.1) is 11.8 Å². The van der Waals surface area contributed by atoms with E-state index in [1.165, 1.54) is 28.4 Å². The Balaban J connectivity index is 2.17. The average Bonchev–Trinajstić information content (AvgIpc) is 3.39. The summed E-state index contributed by atoms with van der Waals surface area (Å²) in [4.78, 5) is 13.0. The highest BCUT2D eigenvalue weighted by Crippen LogP contribution is 2.60. The molecule has 0 bridgehead atoms. The third kappa shape index (κ3) is 4.21. The van der Waals surface area contributed by atoms with Crippen LogP contribution in [0.15, 0.2) is 23.8 Å². The Morgan fingerprint density at radius 2 is 1.57 bits per heavy atom. The summed E-state index contributed by atoms with van der Waals surface area (Å²) in [5.74, 6) is 1.25. The zero-order chi connectivity index (χ0) is 27.0. The molecule has 0 aromatic heterocycles. The summed E-state index contributed by atoms with van der Waals surface area (Å²) >= 11 is 0. The van der Waals surface area contributed by atoms with Crippen molar-refractivity contribution in [2.75, 3.05) is 35.2 Å². The summed E-state index contributed by atoms with van der Waals surface area (Å²) < 4.78 is 40.7. The molecule has 2 aliphatic rings. The molecule has 37 heavy (non-hydrogen) atoms. The smallest absolute Gasteiger partial charge is 0.333 e. The number of hydrogen-bond donors (Lipinski definition) is 1. The molecule has 9 heteroatoms. The zero-order valence-electron chi connectivity index (χ0n) is 22.5. The van der Waals surface area contributed by atoms with Gasteiger partial charge in [-0.15, -0.1) is 0 Å². The number of fused-ring (bicyclic) bond motifs is 4. The molecule has 1 heterocycles. The molecule has 0 fully saturated rings. The highest BCUT2D eigenvalue weighted by molar-refractivity contribution is 5.90. The molecule has 2 aromatic carbocycles. The number of carbonyl (C=O) groups is 1. The van der Waals surface area contributed by atoms with Crippen molar-refractivity contribution >= 4 is 5.97 Å². The fraction of sp³-hybridized carbons (Fsp3) is 0.464. The zero-order valence-corrected chi connectivity index (χ0v) is 22.5. The molecule has 0 saturated carbocycles. The van der Waals surface area contributed by atoms with Crippen LogP contribution in [-0.2, 0) is 9.53 Å². The Hall–Kier alpha value is -3.59. The molecule has 0 saturated heterocycles. The molecule has 4 atom stereocenters. The number of carbonyl (C=O) groups excluding carboxylic acids is 1. The monoisotopic (exact) mass is 514 g/mol. The standard InChI is InChI=1S/C28H34O9/c1-9-13(2)28(30)37-23-15(4)14(3)22(29)16-10-19-25(36-12-35-19)27(34-8)20(16)21-17(23)11-18(31-5)24(32-6)26(21)33-7/h9-11,14-15,22-23,29H,12H2,1-8H3/b13-9+/t14-,15+,22+,23+/m1/s1. The van der Waals surface area contributed by atoms with Crippen LogP contribution in [-0.4, -0.2) is 46.3 Å². The molecule has 4 rings (SSSR count). The van der Waals surface area contributed by atoms with E-state index in [1.807, 2.05) is 13.8 Å². The number of benzene rings is 2. The highest BCUT2D eigenvalue weighted by Gasteiger charge is 2.42. The van der Waals surface area contributed by atoms with Gasteiger partial charge in [0.1, 0.15) is 6.10 Å². The summed E-state index contributed by atoms with van der Waals surface area (Å²) in [5, 5.41) is 11.7. The number of methoxy groups -OCH3 is 4. The summed E-state index contributed by atoms with van der Waals surface area (Å²) in [7, 11) is 6.08. The summed E-state index contributed by atoms with van der Waals surface area (Å²) in [6.07, 6.45) is -0.0223. The largest absolute Gasteiger partial charge is 0.493 e. The number of rotatable bonds is 6. The fourth-order valence-corrected chi connectivity index (χ4v) is 5.00. The summed E-state index contributed by atoms with van der Waals surface area (Å²) in [5.41, 5.74) is 2.74. The van der Waals surface area contributed by atoms with Gasteiger partial charge in [0.15, 0.2) is 23.0 Å². The molecule has 200 valence electrons. The number of aliphatic hydroxyl groups excluding tert-OH is 1. The lowest BCUT2D eigenvalue weighted by Crippen LogP contribution is -2.29. The molecule has 0 radical (unpaired) electrons. The fourth-order valence-electron chi connectivity index (χ4n) is 5.00. The first-order valence-corrected chi connectivity index (χ1v) is 12.1. The second-order valence-electron chi connectivity index (χ2n) is 9.18. The van der Waals surface area contributed by atoms with Gasteiger partial charge in [-0.3, -0.25) is 0 Å². The van der Waals surface area contributed by atoms with E-state index >= 15 is 0 Å². The van der Waals surface area contributed by atoms with E-state index in [4.69, 9.17) is 33.2 Å². The van der Waals surface area contributed by atoms with Gasteiger partial charge in [-0.1, -0.05) is 19.9 Å². The molecule has 0 unspecified atom stereocenters. The van der Waals surface area contributed by atoms with Crippen LogP contribution in [0.1, 0.15) is 51.0 Å². The Labute approximate surface area is 216 Å². The van der Waals surface area contributed by atoms with E-state index in [0.29, 0.717) is 62.3 Å². The first kappa shape index (κ1) is 26.5. The Bertz CT molecular complexity index is 1230. The molecule has 9 nitrogen and oxygen atoms in total. The van der Waals surface area contributed by atoms with Crippen LogP contribution in [0.3, 0.4) is 0 Å². The van der Waals surface area contributed by atoms with Crippen molar-refractivity contribution in [2.45, 2.75) is 39.9 Å². The number of aliphatic hydroxyl groups is 1. The van der Waals surface area contributed by atoms with E-state index in [1.54, 1.807) is 32.1 Å². The van der Waals surface area contributed by atoms with Gasteiger partial charge in [-0.25, -0.2) is 4.79 Å². The lowest BCUT2D eigenvalue weighted by molar-refractivity contribution is -0.149. The van der Waals surface area contributed by atoms with Crippen LogP contribution >= 0.6 is 0 Å². The average molecular weight is 515 g/mol. The van der Waals surface area contributed by atoms with Gasteiger partial charge < -0.3 is 38.3 Å². The van der Waals surface area contributed by atoms with E-state index < -0.39 is 18.2 Å². The van der Waals surface area contributed by atoms with Crippen molar-refractivity contribution in [1.82, 2.24) is 0 Å². The number of ether oxygens (including phenoxy) is 7. The Kier molecular flexibility index (Phi) is 7.45. The van der Waals surface area contributed by atoms with Crippen LogP contribution < -0.4 is 28.4 Å². The highest BCUT2D eigenvalue weighted by atomic mass is 16.7. The van der Waals surface area contributed by atoms with E-state index in [9.17, 15) is 9.90 Å². The van der Waals surface area contributed by atoms with Crippen molar-refractivity contribution in [2.24, 2.45) is 11.8 Å². The minimum atomic E-state index is -0.955. The Morgan fingerprint density at radius 1 is 0.919 bits per heavy atom. The molecular weight excluding hydrogens is 480 g/mol. The molecule has 2 aromatic rings. The van der Waals surface area contributed by atoms with Crippen molar-refractivity contribution in [3.8, 4) is 45.6 Å². The molecule has 0 spiro atoms. The summed E-state index contributed by atoms with van der Waals surface area (Å²) in [6.45, 7) is 7.36. The minimum Gasteiger partial charge on any atom is -0.493 e. The lowest BCUT2D eigenvalue weighted by atomic mass is 9.74. The van der Waals surface area contributed by atoms with E-state index in [0.717, 1.165) is 0 Å². The van der Waals surface area contributed by atoms with Crippen LogP contribution in [0.4, 0.5) is 0 Å². The number of allylic oxidation sites excluding steroid dienone is 1. The second-order valence-corrected chi connectivity index (χ2v) is 9.18. The molecule has 1 aliphatic heterocycles. The van der Waals surface area contributed by atoms with Gasteiger partial charge in [-0.05, 0) is 37.5 Å². The van der Waals surface area contributed by atoms with Gasteiger partial charge in [0, 0.05) is 28.2 Å². The van der Waals surface area contributed by atoms with Crippen molar-refractivity contribution in [3.63, 3.8) is 0 Å². The van der Waals surface area contributed by atoms with Gasteiger partial charge in [-0.2, -0.15) is 0 Å². The van der Waals surface area contributed by atoms with Gasteiger partial charge >= 0.3 is 5.97 Å². The van der Waals surface area contributed by atoms with Gasteiger partial charge in [0.25, 0.3) is 0 Å². The maximum Gasteiger partial charge on any atom is 0.333 e. The molecule has 0 amide bonds. The maximum atomic E-state index is 13.0. The number of hydrogen-bond acceptors (Lipinski definition) is 9. The van der Waals surface area contributed by atoms with Crippen molar-refractivity contribution in [1.29, 1.82) is 0 Å². The topological polar surface area (TPSA) is 102 Å². The minimum absolute atomic E-state index is 0.0232. The third-order valence-electron chi connectivity index (χ3n) is 7.38. The second kappa shape index (κ2) is 10.4. The summed E-state index contributed by atoms with van der Waals surface area (Å²) in [6, 6.07) is 3.55. The van der Waals surface area contributed by atoms with Crippen LogP contribution in [0.5, 0.6) is 34.5 Å². The number of esters is 1. The first-order chi connectivity index (χ1) is 17.7. The maximum absolute atomic E-state index is 13.0. The quantitative estimate of drug-likeness (QED) is 0.422. The molecule has 1 aliphatic carbocycles. The van der Waals surface area contributed by atoms with Gasteiger partial charge in [0.05, 0.1) is 34.5 Å². The van der Waals surface area contributed by atoms with Crippen LogP contribution in [0.2, 0.25) is 0 Å². The predicted molar refractivity (Wildman–Crippen MR) is 136 cm³/mol. The van der Waals surface area contributed by atoms with Crippen molar-refractivity contribution < 1.29 is 43.1 Å². The van der Waals surface area contributed by atoms with E-state index in [2.05, 4.69) is 0 Å². The van der Waals surface area contributed by atoms with Crippen LogP contribution in [0.25, 0.3) is 11.1 Å². The molecule has 1 N–H and O–H groups in total. The first-order valence-electron chi connectivity index (χ1n) is 12.1. The van der Waals surface area contributed by atoms with E-state index in [-0.39, 0.29) is 18.6 Å². The SMILES string of the molecule is C/C=C(\C)C(=O)O[C@@H]1c2cc(OC)c(OC)c(OC)c2-c2c(cc3c(c2OC)OCO3)[C@@H](O)[C@H](C)[C@@H]1C. The Morgan fingerprint density at radius 3 is 2.16 bits per heavy atom. The van der Waals surface area contributed by atoms with Crippen molar-refractivity contribution in [3.05, 3.63) is 34.9 Å². The molecular formula is C28H34O9.